The maximum Gasteiger partial charge on any atom is 0.145 e. The Hall–Kier alpha value is -6.51. The lowest BCUT2D eigenvalue weighted by Crippen LogP contribution is -2.26. The summed E-state index contributed by atoms with van der Waals surface area (Å²) in [6.45, 7) is 0. The Balaban J connectivity index is 1.22. The molecular formula is C48H28N2. The van der Waals surface area contributed by atoms with Crippen LogP contribution in [0, 0.1) is 0 Å². The Morgan fingerprint density at radius 2 is 1.06 bits per heavy atom. The number of benzene rings is 8. The quantitative estimate of drug-likeness (QED) is 0.185. The second-order valence-corrected chi connectivity index (χ2v) is 13.8. The largest absolute Gasteiger partial charge is 0.292 e. The Labute approximate surface area is 289 Å². The second kappa shape index (κ2) is 9.34. The Kier molecular flexibility index (Phi) is 4.94. The van der Waals surface area contributed by atoms with Crippen LogP contribution in [-0.4, -0.2) is 9.55 Å². The van der Waals surface area contributed by atoms with Gasteiger partial charge in [-0.3, -0.25) is 4.57 Å². The maximum atomic E-state index is 5.30. The van der Waals surface area contributed by atoms with Crippen LogP contribution in [0.1, 0.15) is 22.3 Å². The van der Waals surface area contributed by atoms with E-state index in [1.54, 1.807) is 0 Å². The monoisotopic (exact) mass is 632 g/mol. The summed E-state index contributed by atoms with van der Waals surface area (Å²) in [4.78, 5) is 5.30. The highest BCUT2D eigenvalue weighted by atomic mass is 15.1. The standard InChI is InChI=1S/C48H28N2/c1-2-13-30(14-3-1)50-44-24-11-10-23-43(44)49-47(50)29-25-26-34-33-17-6-8-21-39(33)48(41(34)27-29)40-22-9-7-18-36(40)46-37-20-12-19-35-31-15-4-5-16-32(31)38(45(35)37)28-42(46)48/h1-28H. The average Bonchev–Trinajstić information content (AvgIpc) is 3.90. The van der Waals surface area contributed by atoms with Gasteiger partial charge in [-0.25, -0.2) is 4.98 Å². The number of rotatable bonds is 2. The Morgan fingerprint density at radius 1 is 0.420 bits per heavy atom. The fourth-order valence-corrected chi connectivity index (χ4v) is 9.69. The van der Waals surface area contributed by atoms with Crippen LogP contribution < -0.4 is 0 Å². The molecule has 0 saturated heterocycles. The van der Waals surface area contributed by atoms with Gasteiger partial charge in [-0.2, -0.15) is 0 Å². The lowest BCUT2D eigenvalue weighted by molar-refractivity contribution is 0.795. The van der Waals surface area contributed by atoms with Gasteiger partial charge in [0.15, 0.2) is 0 Å². The predicted molar refractivity (Wildman–Crippen MR) is 205 cm³/mol. The van der Waals surface area contributed by atoms with Crippen molar-refractivity contribution in [3.05, 3.63) is 192 Å². The minimum Gasteiger partial charge on any atom is -0.292 e. The molecule has 0 N–H and O–H groups in total. The van der Waals surface area contributed by atoms with Gasteiger partial charge >= 0.3 is 0 Å². The summed E-state index contributed by atoms with van der Waals surface area (Å²) in [6, 6.07) is 62.8. The van der Waals surface area contributed by atoms with Crippen LogP contribution in [0.2, 0.25) is 0 Å². The van der Waals surface area contributed by atoms with E-state index >= 15 is 0 Å². The highest BCUT2D eigenvalue weighted by Crippen LogP contribution is 2.65. The number of hydrogen-bond donors (Lipinski definition) is 0. The van der Waals surface area contributed by atoms with E-state index in [-0.39, 0.29) is 0 Å². The molecule has 0 fully saturated rings. The molecule has 1 unspecified atom stereocenters. The topological polar surface area (TPSA) is 17.8 Å². The summed E-state index contributed by atoms with van der Waals surface area (Å²) in [7, 11) is 0. The van der Waals surface area contributed by atoms with Gasteiger partial charge in [-0.15, -0.1) is 0 Å². The van der Waals surface area contributed by atoms with E-state index in [4.69, 9.17) is 4.98 Å². The van der Waals surface area contributed by atoms with Gasteiger partial charge < -0.3 is 0 Å². The molecule has 0 bridgehead atoms. The summed E-state index contributed by atoms with van der Waals surface area (Å²) in [5.74, 6) is 0.952. The van der Waals surface area contributed by atoms with Crippen molar-refractivity contribution in [3.63, 3.8) is 0 Å². The zero-order valence-corrected chi connectivity index (χ0v) is 27.1. The zero-order chi connectivity index (χ0) is 32.6. The summed E-state index contributed by atoms with van der Waals surface area (Å²) < 4.78 is 2.31. The molecule has 2 nitrogen and oxygen atoms in total. The summed E-state index contributed by atoms with van der Waals surface area (Å²) in [6.07, 6.45) is 0. The summed E-state index contributed by atoms with van der Waals surface area (Å²) in [5.41, 5.74) is 19.8. The van der Waals surface area contributed by atoms with Gasteiger partial charge in [0, 0.05) is 11.3 Å². The third-order valence-corrected chi connectivity index (χ3v) is 11.6. The Bertz CT molecular complexity index is 2930. The third kappa shape index (κ3) is 3.08. The molecule has 0 amide bonds. The molecule has 0 saturated carbocycles. The molecule has 3 aliphatic rings. The molecule has 2 heteroatoms. The van der Waals surface area contributed by atoms with Crippen molar-refractivity contribution in [2.75, 3.05) is 0 Å². The van der Waals surface area contributed by atoms with Crippen LogP contribution in [0.4, 0.5) is 0 Å². The van der Waals surface area contributed by atoms with E-state index in [1.807, 2.05) is 0 Å². The van der Waals surface area contributed by atoms with Crippen molar-refractivity contribution in [1.82, 2.24) is 9.55 Å². The second-order valence-electron chi connectivity index (χ2n) is 13.8. The number of fused-ring (bicyclic) bond motifs is 15. The molecule has 8 aromatic carbocycles. The first-order valence-corrected chi connectivity index (χ1v) is 17.4. The zero-order valence-electron chi connectivity index (χ0n) is 27.1. The molecule has 3 aliphatic carbocycles. The van der Waals surface area contributed by atoms with E-state index in [1.165, 1.54) is 77.5 Å². The van der Waals surface area contributed by atoms with E-state index in [9.17, 15) is 0 Å². The van der Waals surface area contributed by atoms with E-state index in [0.29, 0.717) is 0 Å². The first kappa shape index (κ1) is 26.4. The molecule has 9 aromatic rings. The average molecular weight is 633 g/mol. The first-order chi connectivity index (χ1) is 24.8. The molecular weight excluding hydrogens is 605 g/mol. The maximum absolute atomic E-state index is 5.30. The molecule has 0 aliphatic heterocycles. The van der Waals surface area contributed by atoms with Gasteiger partial charge in [0.25, 0.3) is 0 Å². The van der Waals surface area contributed by atoms with Gasteiger partial charge in [-0.05, 0) is 114 Å². The lowest BCUT2D eigenvalue weighted by atomic mass is 9.70. The highest BCUT2D eigenvalue weighted by Gasteiger charge is 2.52. The normalized spacial score (nSPS) is 15.7. The minimum absolute atomic E-state index is 0.477. The van der Waals surface area contributed by atoms with Gasteiger partial charge in [0.05, 0.1) is 16.4 Å². The number of aromatic nitrogens is 2. The van der Waals surface area contributed by atoms with Crippen molar-refractivity contribution in [2.24, 2.45) is 0 Å². The third-order valence-electron chi connectivity index (χ3n) is 11.6. The smallest absolute Gasteiger partial charge is 0.145 e. The van der Waals surface area contributed by atoms with Crippen LogP contribution in [-0.2, 0) is 5.41 Å². The molecule has 12 rings (SSSR count). The molecule has 1 spiro atoms. The van der Waals surface area contributed by atoms with Crippen LogP contribution >= 0.6 is 0 Å². The molecule has 230 valence electrons. The van der Waals surface area contributed by atoms with Crippen molar-refractivity contribution < 1.29 is 0 Å². The van der Waals surface area contributed by atoms with Gasteiger partial charge in [0.1, 0.15) is 5.82 Å². The van der Waals surface area contributed by atoms with Crippen molar-refractivity contribution >= 4 is 21.8 Å². The first-order valence-electron chi connectivity index (χ1n) is 17.4. The number of imidazole rings is 1. The number of para-hydroxylation sites is 3. The van der Waals surface area contributed by atoms with Gasteiger partial charge in [0.2, 0.25) is 0 Å². The number of hydrogen-bond acceptors (Lipinski definition) is 1. The van der Waals surface area contributed by atoms with E-state index in [2.05, 4.69) is 174 Å². The summed E-state index contributed by atoms with van der Waals surface area (Å²) >= 11 is 0. The van der Waals surface area contributed by atoms with Crippen LogP contribution in [0.15, 0.2) is 170 Å². The van der Waals surface area contributed by atoms with Crippen LogP contribution in [0.3, 0.4) is 0 Å². The Morgan fingerprint density at radius 3 is 1.90 bits per heavy atom. The van der Waals surface area contributed by atoms with E-state index < -0.39 is 5.41 Å². The van der Waals surface area contributed by atoms with Crippen molar-refractivity contribution in [1.29, 1.82) is 0 Å². The van der Waals surface area contributed by atoms with E-state index in [0.717, 1.165) is 28.1 Å². The van der Waals surface area contributed by atoms with Crippen molar-refractivity contribution in [3.8, 4) is 61.6 Å². The van der Waals surface area contributed by atoms with Crippen LogP contribution in [0.25, 0.3) is 83.4 Å². The number of nitrogens with zero attached hydrogens (tertiary/aromatic N) is 2. The highest BCUT2D eigenvalue weighted by molar-refractivity contribution is 6.21. The van der Waals surface area contributed by atoms with Crippen molar-refractivity contribution in [2.45, 2.75) is 5.41 Å². The molecule has 1 atom stereocenters. The fraction of sp³-hybridized carbons (Fsp3) is 0.0208. The van der Waals surface area contributed by atoms with Gasteiger partial charge in [-0.1, -0.05) is 133 Å². The predicted octanol–water partition coefficient (Wildman–Crippen LogP) is 11.8. The SMILES string of the molecule is c1ccc(-n2c(-c3ccc4c(c3)C3(c5ccccc5-4)c4ccccc4-c4c3cc3c5c(cccc45)-c4ccccc4-3)nc3ccccc32)cc1. The molecule has 0 radical (unpaired) electrons. The molecule has 50 heavy (non-hydrogen) atoms. The van der Waals surface area contributed by atoms with Crippen LogP contribution in [0.5, 0.6) is 0 Å². The fourth-order valence-electron chi connectivity index (χ4n) is 9.69. The molecule has 1 heterocycles. The minimum atomic E-state index is -0.477. The lowest BCUT2D eigenvalue weighted by Gasteiger charge is -2.31. The summed E-state index contributed by atoms with van der Waals surface area (Å²) in [5, 5.41) is 2.71. The molecule has 1 aromatic heterocycles.